The van der Waals surface area contributed by atoms with Gasteiger partial charge in [-0.3, -0.25) is 0 Å². The van der Waals surface area contributed by atoms with E-state index in [-0.39, 0.29) is 17.3 Å². The fraction of sp³-hybridized carbons (Fsp3) is 0.400. The Morgan fingerprint density at radius 3 is 2.48 bits per heavy atom. The van der Waals surface area contributed by atoms with Crippen molar-refractivity contribution in [2.45, 2.75) is 13.0 Å². The summed E-state index contributed by atoms with van der Waals surface area (Å²) in [6, 6.07) is 2.52. The lowest BCUT2D eigenvalue weighted by Crippen LogP contribution is -2.50. The summed E-state index contributed by atoms with van der Waals surface area (Å²) in [4.78, 5) is 14.3. The van der Waals surface area contributed by atoms with Gasteiger partial charge < -0.3 is 14.9 Å². The molecule has 21 heavy (non-hydrogen) atoms. The minimum absolute atomic E-state index is 0.0394. The number of anilines is 1. The van der Waals surface area contributed by atoms with Crippen LogP contribution >= 0.6 is 0 Å². The first-order valence-corrected chi connectivity index (χ1v) is 6.73. The van der Waals surface area contributed by atoms with Crippen molar-refractivity contribution in [2.24, 2.45) is 0 Å². The molecular formula is C15H18F2N2O2. The molecule has 0 bridgehead atoms. The maximum atomic E-state index is 14.2. The third kappa shape index (κ3) is 3.58. The molecule has 1 unspecified atom stereocenters. The number of halogens is 2. The van der Waals surface area contributed by atoms with E-state index in [9.17, 15) is 13.6 Å². The van der Waals surface area contributed by atoms with Gasteiger partial charge in [0.2, 0.25) is 0 Å². The SMILES string of the molecule is CC1CN(c2c(F)cc(C=CC(=O)O)cc2F)CCN1C. The van der Waals surface area contributed by atoms with Gasteiger partial charge in [0.05, 0.1) is 0 Å². The van der Waals surface area contributed by atoms with Crippen molar-refractivity contribution in [1.29, 1.82) is 0 Å². The van der Waals surface area contributed by atoms with Crippen molar-refractivity contribution in [3.63, 3.8) is 0 Å². The summed E-state index contributed by atoms with van der Waals surface area (Å²) in [7, 11) is 1.98. The zero-order valence-electron chi connectivity index (χ0n) is 12.0. The molecule has 1 aromatic carbocycles. The van der Waals surface area contributed by atoms with Gasteiger partial charge in [-0.15, -0.1) is 0 Å². The number of aliphatic carboxylic acids is 1. The quantitative estimate of drug-likeness (QED) is 0.869. The molecule has 1 saturated heterocycles. The first-order valence-electron chi connectivity index (χ1n) is 6.73. The number of hydrogen-bond acceptors (Lipinski definition) is 3. The van der Waals surface area contributed by atoms with E-state index in [2.05, 4.69) is 4.90 Å². The molecular weight excluding hydrogens is 278 g/mol. The molecule has 0 aromatic heterocycles. The number of nitrogens with zero attached hydrogens (tertiary/aromatic N) is 2. The Bertz CT molecular complexity index is 552. The average Bonchev–Trinajstić information content (AvgIpc) is 2.39. The van der Waals surface area contributed by atoms with Crippen LogP contribution in [0.5, 0.6) is 0 Å². The molecule has 114 valence electrons. The van der Waals surface area contributed by atoms with Gasteiger partial charge in [-0.2, -0.15) is 0 Å². The maximum Gasteiger partial charge on any atom is 0.328 e. The zero-order chi connectivity index (χ0) is 15.6. The van der Waals surface area contributed by atoms with Crippen LogP contribution in [-0.2, 0) is 4.79 Å². The summed E-state index contributed by atoms with van der Waals surface area (Å²) < 4.78 is 28.3. The van der Waals surface area contributed by atoms with E-state index in [1.807, 2.05) is 14.0 Å². The topological polar surface area (TPSA) is 43.8 Å². The van der Waals surface area contributed by atoms with E-state index in [0.717, 1.165) is 24.8 Å². The minimum Gasteiger partial charge on any atom is -0.478 e. The Morgan fingerprint density at radius 2 is 1.95 bits per heavy atom. The number of carboxylic acid groups (broad SMARTS) is 1. The van der Waals surface area contributed by atoms with E-state index in [4.69, 9.17) is 5.11 Å². The van der Waals surface area contributed by atoms with Gasteiger partial charge in [0.15, 0.2) is 0 Å². The van der Waals surface area contributed by atoms with Crippen LogP contribution < -0.4 is 4.90 Å². The first kappa shape index (κ1) is 15.4. The van der Waals surface area contributed by atoms with Gasteiger partial charge in [0.25, 0.3) is 0 Å². The predicted molar refractivity (Wildman–Crippen MR) is 77.3 cm³/mol. The van der Waals surface area contributed by atoms with Crippen molar-refractivity contribution >= 4 is 17.7 Å². The van der Waals surface area contributed by atoms with Crippen LogP contribution in [0.15, 0.2) is 18.2 Å². The van der Waals surface area contributed by atoms with Crippen LogP contribution in [0.25, 0.3) is 6.08 Å². The second-order valence-corrected chi connectivity index (χ2v) is 5.28. The molecule has 2 rings (SSSR count). The molecule has 1 aliphatic rings. The van der Waals surface area contributed by atoms with Gasteiger partial charge in [-0.25, -0.2) is 13.6 Å². The van der Waals surface area contributed by atoms with Gasteiger partial charge in [-0.1, -0.05) is 0 Å². The van der Waals surface area contributed by atoms with E-state index >= 15 is 0 Å². The van der Waals surface area contributed by atoms with Crippen LogP contribution in [0.2, 0.25) is 0 Å². The predicted octanol–water partition coefficient (Wildman–Crippen LogP) is 2.20. The summed E-state index contributed by atoms with van der Waals surface area (Å²) in [5, 5.41) is 8.54. The molecule has 6 heteroatoms. The highest BCUT2D eigenvalue weighted by atomic mass is 19.1. The Balaban J connectivity index is 2.27. The normalized spacial score (nSPS) is 20.2. The molecule has 0 saturated carbocycles. The van der Waals surface area contributed by atoms with Crippen LogP contribution in [0.1, 0.15) is 12.5 Å². The molecule has 0 amide bonds. The first-order chi connectivity index (χ1) is 9.88. The van der Waals surface area contributed by atoms with Crippen LogP contribution in [0.3, 0.4) is 0 Å². The number of benzene rings is 1. The Hall–Kier alpha value is -1.95. The molecule has 1 heterocycles. The highest BCUT2D eigenvalue weighted by Crippen LogP contribution is 2.27. The van der Waals surface area contributed by atoms with E-state index in [1.54, 1.807) is 4.90 Å². The zero-order valence-corrected chi connectivity index (χ0v) is 12.0. The second kappa shape index (κ2) is 6.22. The molecule has 1 aromatic rings. The van der Waals surface area contributed by atoms with Crippen molar-refractivity contribution in [3.8, 4) is 0 Å². The van der Waals surface area contributed by atoms with Crippen molar-refractivity contribution < 1.29 is 18.7 Å². The Kier molecular flexibility index (Phi) is 4.57. The van der Waals surface area contributed by atoms with Crippen LogP contribution in [-0.4, -0.2) is 48.7 Å². The summed E-state index contributed by atoms with van der Waals surface area (Å²) in [6.07, 6.45) is 2.02. The fourth-order valence-electron chi connectivity index (χ4n) is 2.40. The third-order valence-corrected chi connectivity index (χ3v) is 3.73. The van der Waals surface area contributed by atoms with E-state index in [0.29, 0.717) is 13.1 Å². The average molecular weight is 296 g/mol. The summed E-state index contributed by atoms with van der Waals surface area (Å²) in [5.41, 5.74) is 0.153. The summed E-state index contributed by atoms with van der Waals surface area (Å²) >= 11 is 0. The smallest absolute Gasteiger partial charge is 0.328 e. The molecule has 1 atom stereocenters. The van der Waals surface area contributed by atoms with Gasteiger partial charge >= 0.3 is 5.97 Å². The van der Waals surface area contributed by atoms with Gasteiger partial charge in [-0.05, 0) is 37.7 Å². The molecule has 1 aliphatic heterocycles. The summed E-state index contributed by atoms with van der Waals surface area (Å²) in [5.74, 6) is -2.50. The summed E-state index contributed by atoms with van der Waals surface area (Å²) in [6.45, 7) is 3.85. The highest BCUT2D eigenvalue weighted by Gasteiger charge is 2.25. The number of carbonyl (C=O) groups is 1. The molecule has 1 N–H and O–H groups in total. The monoisotopic (exact) mass is 296 g/mol. The fourth-order valence-corrected chi connectivity index (χ4v) is 2.40. The van der Waals surface area contributed by atoms with E-state index in [1.165, 1.54) is 6.08 Å². The number of likely N-dealkylation sites (N-methyl/N-ethyl adjacent to an activating group) is 1. The maximum absolute atomic E-state index is 14.2. The van der Waals surface area contributed by atoms with Gasteiger partial charge in [0.1, 0.15) is 17.3 Å². The van der Waals surface area contributed by atoms with Crippen molar-refractivity contribution in [2.75, 3.05) is 31.6 Å². The van der Waals surface area contributed by atoms with Crippen molar-refractivity contribution in [3.05, 3.63) is 35.4 Å². The molecule has 0 spiro atoms. The Labute approximate surface area is 122 Å². The highest BCUT2D eigenvalue weighted by molar-refractivity contribution is 5.85. The van der Waals surface area contributed by atoms with E-state index < -0.39 is 17.6 Å². The number of carboxylic acids is 1. The largest absolute Gasteiger partial charge is 0.478 e. The third-order valence-electron chi connectivity index (χ3n) is 3.73. The molecule has 0 aliphatic carbocycles. The number of rotatable bonds is 3. The standard InChI is InChI=1S/C15H18F2N2O2/c1-10-9-19(6-5-18(10)2)15-12(16)7-11(8-13(15)17)3-4-14(20)21/h3-4,7-8,10H,5-6,9H2,1-2H3,(H,20,21). The number of hydrogen-bond donors (Lipinski definition) is 1. The van der Waals surface area contributed by atoms with Gasteiger partial charge in [0, 0.05) is 31.8 Å². The minimum atomic E-state index is -1.16. The Morgan fingerprint density at radius 1 is 1.33 bits per heavy atom. The number of piperazine rings is 1. The molecule has 4 nitrogen and oxygen atoms in total. The van der Waals surface area contributed by atoms with Crippen LogP contribution in [0, 0.1) is 11.6 Å². The van der Waals surface area contributed by atoms with Crippen molar-refractivity contribution in [1.82, 2.24) is 4.90 Å². The molecule has 0 radical (unpaired) electrons. The second-order valence-electron chi connectivity index (χ2n) is 5.28. The lowest BCUT2D eigenvalue weighted by molar-refractivity contribution is -0.131. The lowest BCUT2D eigenvalue weighted by Gasteiger charge is -2.39. The lowest BCUT2D eigenvalue weighted by atomic mass is 10.1. The van der Waals surface area contributed by atoms with Crippen LogP contribution in [0.4, 0.5) is 14.5 Å². The molecule has 1 fully saturated rings.